The number of fused-ring (bicyclic) bond motifs is 1. The van der Waals surface area contributed by atoms with E-state index in [4.69, 9.17) is 15.2 Å². The minimum atomic E-state index is -0.577. The van der Waals surface area contributed by atoms with Gasteiger partial charge in [-0.3, -0.25) is 10.1 Å². The largest absolute Gasteiger partial charge is 0.465 e. The van der Waals surface area contributed by atoms with Gasteiger partial charge in [0.15, 0.2) is 5.75 Å². The maximum absolute atomic E-state index is 12.1. The van der Waals surface area contributed by atoms with Crippen molar-refractivity contribution in [2.24, 2.45) is 5.73 Å². The third kappa shape index (κ3) is 2.66. The van der Waals surface area contributed by atoms with Crippen LogP contribution in [0.2, 0.25) is 0 Å². The van der Waals surface area contributed by atoms with E-state index < -0.39 is 16.8 Å². The Morgan fingerprint density at radius 2 is 2.08 bits per heavy atom. The number of non-ortho nitro benzene ring substituents is 1. The summed E-state index contributed by atoms with van der Waals surface area (Å²) in [5.74, 6) is -0.979. The predicted molar refractivity (Wildman–Crippen MR) is 92.8 cm³/mol. The fourth-order valence-electron chi connectivity index (χ4n) is 2.84. The second-order valence-electron chi connectivity index (χ2n) is 5.49. The molecule has 26 heavy (non-hydrogen) atoms. The van der Waals surface area contributed by atoms with E-state index in [1.165, 1.54) is 30.6 Å². The molecular formula is C17H13N3O5S. The highest BCUT2D eigenvalue weighted by molar-refractivity contribution is 7.12. The molecule has 2 N–H and O–H groups in total. The Labute approximate surface area is 152 Å². The molecule has 1 unspecified atom stereocenters. The highest BCUT2D eigenvalue weighted by Crippen LogP contribution is 2.49. The number of nitro groups is 1. The number of carbonyl (C=O) groups is 1. The van der Waals surface area contributed by atoms with E-state index in [2.05, 4.69) is 0 Å². The van der Waals surface area contributed by atoms with Gasteiger partial charge in [0.1, 0.15) is 17.2 Å². The lowest BCUT2D eigenvalue weighted by molar-refractivity contribution is -0.384. The van der Waals surface area contributed by atoms with Gasteiger partial charge >= 0.3 is 5.97 Å². The number of rotatable bonds is 3. The number of benzene rings is 1. The molecule has 0 saturated heterocycles. The highest BCUT2D eigenvalue weighted by Gasteiger charge is 2.37. The van der Waals surface area contributed by atoms with Crippen LogP contribution in [-0.2, 0) is 4.74 Å². The summed E-state index contributed by atoms with van der Waals surface area (Å²) >= 11 is 1.29. The van der Waals surface area contributed by atoms with Gasteiger partial charge in [-0.1, -0.05) is 12.1 Å². The molecule has 132 valence electrons. The number of aryl methyl sites for hydroxylation is 1. The lowest BCUT2D eigenvalue weighted by Gasteiger charge is -2.24. The highest BCUT2D eigenvalue weighted by atomic mass is 32.1. The molecule has 9 heteroatoms. The van der Waals surface area contributed by atoms with Crippen molar-refractivity contribution in [3.63, 3.8) is 0 Å². The molecule has 1 aromatic carbocycles. The van der Waals surface area contributed by atoms with Gasteiger partial charge < -0.3 is 15.2 Å². The lowest BCUT2D eigenvalue weighted by atomic mass is 9.88. The number of nitrogens with zero attached hydrogens (tertiary/aromatic N) is 2. The van der Waals surface area contributed by atoms with Crippen LogP contribution >= 0.6 is 11.3 Å². The smallest absolute Gasteiger partial charge is 0.342 e. The van der Waals surface area contributed by atoms with E-state index in [1.807, 2.05) is 6.07 Å². The van der Waals surface area contributed by atoms with Crippen molar-refractivity contribution in [2.45, 2.75) is 12.8 Å². The zero-order valence-corrected chi connectivity index (χ0v) is 14.6. The average Bonchev–Trinajstić information content (AvgIpc) is 2.95. The second-order valence-corrected chi connectivity index (χ2v) is 6.75. The van der Waals surface area contributed by atoms with Gasteiger partial charge in [0.05, 0.1) is 22.8 Å². The number of ether oxygens (including phenoxy) is 2. The van der Waals surface area contributed by atoms with Gasteiger partial charge in [-0.05, 0) is 12.5 Å². The maximum atomic E-state index is 12.1. The van der Waals surface area contributed by atoms with Crippen molar-refractivity contribution in [3.05, 3.63) is 66.7 Å². The number of methoxy groups -OCH3 is 1. The molecule has 0 radical (unpaired) electrons. The van der Waals surface area contributed by atoms with Crippen LogP contribution in [0.1, 0.15) is 31.6 Å². The van der Waals surface area contributed by atoms with Crippen LogP contribution in [0.4, 0.5) is 5.69 Å². The normalized spacial score (nSPS) is 15.7. The van der Waals surface area contributed by atoms with Crippen molar-refractivity contribution >= 4 is 23.0 Å². The molecule has 1 aliphatic heterocycles. The van der Waals surface area contributed by atoms with E-state index in [-0.39, 0.29) is 28.5 Å². The van der Waals surface area contributed by atoms with Crippen LogP contribution in [-0.4, -0.2) is 18.0 Å². The molecule has 0 bridgehead atoms. The zero-order valence-electron chi connectivity index (χ0n) is 13.8. The summed E-state index contributed by atoms with van der Waals surface area (Å²) in [5.41, 5.74) is 6.93. The van der Waals surface area contributed by atoms with Crippen molar-refractivity contribution in [3.8, 4) is 11.8 Å². The summed E-state index contributed by atoms with van der Waals surface area (Å²) in [5, 5.41) is 20.4. The zero-order chi connectivity index (χ0) is 19.0. The standard InChI is InChI=1S/C17H13N3O5S/c1-8-12(17(21)24-2)14-15(26-8)13(11(7-18)16(19)25-14)9-3-5-10(6-4-9)20(22)23/h3-6,13H,19H2,1-2H3. The van der Waals surface area contributed by atoms with Crippen LogP contribution in [0, 0.1) is 28.4 Å². The Hall–Kier alpha value is -3.38. The Bertz CT molecular complexity index is 985. The first-order valence-corrected chi connectivity index (χ1v) is 8.24. The fraction of sp³-hybridized carbons (Fsp3) is 0.176. The number of carbonyl (C=O) groups excluding carboxylic acids is 1. The molecule has 0 saturated carbocycles. The lowest BCUT2D eigenvalue weighted by Crippen LogP contribution is -2.21. The third-order valence-corrected chi connectivity index (χ3v) is 5.19. The van der Waals surface area contributed by atoms with Gasteiger partial charge in [-0.15, -0.1) is 11.3 Å². The topological polar surface area (TPSA) is 128 Å². The molecule has 1 atom stereocenters. The number of nitrogens with two attached hydrogens (primary N) is 1. The summed E-state index contributed by atoms with van der Waals surface area (Å²) in [6.45, 7) is 1.74. The average molecular weight is 371 g/mol. The van der Waals surface area contributed by atoms with E-state index in [1.54, 1.807) is 19.1 Å². The Kier molecular flexibility index (Phi) is 4.36. The Morgan fingerprint density at radius 3 is 2.62 bits per heavy atom. The van der Waals surface area contributed by atoms with Crippen LogP contribution in [0.25, 0.3) is 0 Å². The van der Waals surface area contributed by atoms with E-state index in [0.717, 1.165) is 0 Å². The summed E-state index contributed by atoms with van der Waals surface area (Å²) in [4.78, 5) is 23.8. The second kappa shape index (κ2) is 6.50. The van der Waals surface area contributed by atoms with Crippen molar-refractivity contribution < 1.29 is 19.2 Å². The van der Waals surface area contributed by atoms with Crippen molar-refractivity contribution in [2.75, 3.05) is 7.11 Å². The quantitative estimate of drug-likeness (QED) is 0.499. The van der Waals surface area contributed by atoms with Gasteiger partial charge in [0.2, 0.25) is 5.88 Å². The predicted octanol–water partition coefficient (Wildman–Crippen LogP) is 2.97. The molecule has 0 spiro atoms. The van der Waals surface area contributed by atoms with Crippen LogP contribution < -0.4 is 10.5 Å². The summed E-state index contributed by atoms with van der Waals surface area (Å²) < 4.78 is 10.4. The minimum absolute atomic E-state index is 0.0610. The van der Waals surface area contributed by atoms with Crippen LogP contribution in [0.5, 0.6) is 5.75 Å². The maximum Gasteiger partial charge on any atom is 0.342 e. The molecule has 0 fully saturated rings. The first-order chi connectivity index (χ1) is 12.4. The molecule has 2 heterocycles. The number of nitro benzene ring substituents is 1. The van der Waals surface area contributed by atoms with Crippen LogP contribution in [0.15, 0.2) is 35.7 Å². The molecule has 1 aliphatic rings. The monoisotopic (exact) mass is 371 g/mol. The molecular weight excluding hydrogens is 358 g/mol. The first-order valence-electron chi connectivity index (χ1n) is 7.42. The van der Waals surface area contributed by atoms with E-state index in [0.29, 0.717) is 15.3 Å². The number of nitriles is 1. The molecule has 2 aromatic rings. The fourth-order valence-corrected chi connectivity index (χ4v) is 4.06. The van der Waals surface area contributed by atoms with Gasteiger partial charge in [0, 0.05) is 17.0 Å². The summed E-state index contributed by atoms with van der Waals surface area (Å²) in [7, 11) is 1.27. The SMILES string of the molecule is COC(=O)c1c(C)sc2c1OC(N)=C(C#N)C2c1ccc([N+](=O)[O-])cc1. The summed E-state index contributed by atoms with van der Waals surface area (Å²) in [6, 6.07) is 7.89. The molecule has 1 aromatic heterocycles. The Balaban J connectivity index is 2.20. The summed E-state index contributed by atoms with van der Waals surface area (Å²) in [6.07, 6.45) is 0. The van der Waals surface area contributed by atoms with E-state index >= 15 is 0 Å². The van der Waals surface area contributed by atoms with Crippen LogP contribution in [0.3, 0.4) is 0 Å². The molecule has 8 nitrogen and oxygen atoms in total. The van der Waals surface area contributed by atoms with Gasteiger partial charge in [0.25, 0.3) is 5.69 Å². The number of thiophene rings is 1. The number of hydrogen-bond donors (Lipinski definition) is 1. The number of hydrogen-bond acceptors (Lipinski definition) is 8. The first kappa shape index (κ1) is 17.4. The molecule has 3 rings (SSSR count). The molecule has 0 amide bonds. The molecule has 0 aliphatic carbocycles. The van der Waals surface area contributed by atoms with Crippen molar-refractivity contribution in [1.82, 2.24) is 0 Å². The number of allylic oxidation sites excluding steroid dienone is 1. The van der Waals surface area contributed by atoms with Crippen molar-refractivity contribution in [1.29, 1.82) is 5.26 Å². The van der Waals surface area contributed by atoms with E-state index in [9.17, 15) is 20.2 Å². The van der Waals surface area contributed by atoms with Gasteiger partial charge in [-0.2, -0.15) is 5.26 Å². The number of esters is 1. The Morgan fingerprint density at radius 1 is 1.42 bits per heavy atom. The van der Waals surface area contributed by atoms with Gasteiger partial charge in [-0.25, -0.2) is 4.79 Å². The minimum Gasteiger partial charge on any atom is -0.465 e. The third-order valence-electron chi connectivity index (χ3n) is 4.04.